The molecule has 0 spiro atoms. The molecule has 0 amide bonds. The van der Waals surface area contributed by atoms with Gasteiger partial charge in [0.15, 0.2) is 0 Å². The number of nitrogens with zero attached hydrogens (tertiary/aromatic N) is 3. The number of rotatable bonds is 11. The van der Waals surface area contributed by atoms with Gasteiger partial charge >= 0.3 is 12.0 Å². The minimum Gasteiger partial charge on any atom is -0.464 e. The van der Waals surface area contributed by atoms with Crippen LogP contribution in [0.15, 0.2) is 0 Å². The third-order valence-corrected chi connectivity index (χ3v) is 2.31. The third-order valence-electron chi connectivity index (χ3n) is 2.31. The highest BCUT2D eigenvalue weighted by Crippen LogP contribution is 2.13. The van der Waals surface area contributed by atoms with Crippen molar-refractivity contribution in [3.63, 3.8) is 0 Å². The van der Waals surface area contributed by atoms with Crippen LogP contribution >= 0.6 is 0 Å². The van der Waals surface area contributed by atoms with Crippen LogP contribution in [-0.4, -0.2) is 47.9 Å². The fourth-order valence-electron chi connectivity index (χ4n) is 1.42. The predicted octanol–water partition coefficient (Wildman–Crippen LogP) is 2.14. The van der Waals surface area contributed by atoms with E-state index in [2.05, 4.69) is 41.0 Å². The van der Waals surface area contributed by atoms with Crippen molar-refractivity contribution in [2.24, 2.45) is 5.92 Å². The van der Waals surface area contributed by atoms with Crippen LogP contribution in [0, 0.1) is 5.92 Å². The Morgan fingerprint density at radius 3 is 2.33 bits per heavy atom. The van der Waals surface area contributed by atoms with Gasteiger partial charge in [0.05, 0.1) is 13.2 Å². The highest BCUT2D eigenvalue weighted by Gasteiger charge is 2.08. The van der Waals surface area contributed by atoms with Crippen LogP contribution in [-0.2, 0) is 4.74 Å². The fourth-order valence-corrected chi connectivity index (χ4v) is 1.42. The van der Waals surface area contributed by atoms with Crippen LogP contribution in [0.5, 0.6) is 12.0 Å². The molecule has 21 heavy (non-hydrogen) atoms. The Morgan fingerprint density at radius 2 is 1.71 bits per heavy atom. The summed E-state index contributed by atoms with van der Waals surface area (Å²) in [4.78, 5) is 12.5. The first kappa shape index (κ1) is 17.4. The van der Waals surface area contributed by atoms with Gasteiger partial charge in [-0.25, -0.2) is 0 Å². The second-order valence-electron chi connectivity index (χ2n) is 4.90. The summed E-state index contributed by atoms with van der Waals surface area (Å²) in [5.74, 6) is 0.977. The first-order valence-electron chi connectivity index (χ1n) is 7.49. The average molecular weight is 298 g/mol. The molecule has 0 unspecified atom stereocenters. The molecule has 7 heteroatoms. The van der Waals surface area contributed by atoms with E-state index in [0.29, 0.717) is 38.3 Å². The van der Waals surface area contributed by atoms with E-state index >= 15 is 0 Å². The summed E-state index contributed by atoms with van der Waals surface area (Å²) in [7, 11) is 0. The molecule has 0 fully saturated rings. The number of aromatic nitrogens is 3. The van der Waals surface area contributed by atoms with Crippen LogP contribution in [0.25, 0.3) is 0 Å². The minimum absolute atomic E-state index is 0.250. The molecule has 1 rings (SSSR count). The van der Waals surface area contributed by atoms with Gasteiger partial charge in [0.2, 0.25) is 5.95 Å². The van der Waals surface area contributed by atoms with Crippen LogP contribution in [0.3, 0.4) is 0 Å². The van der Waals surface area contributed by atoms with E-state index in [1.54, 1.807) is 0 Å². The molecule has 1 aromatic heterocycles. The normalized spacial score (nSPS) is 10.7. The molecular weight excluding hydrogens is 272 g/mol. The van der Waals surface area contributed by atoms with Crippen molar-refractivity contribution < 1.29 is 14.2 Å². The van der Waals surface area contributed by atoms with Crippen molar-refractivity contribution >= 4 is 5.95 Å². The lowest BCUT2D eigenvalue weighted by Crippen LogP contribution is -2.13. The molecule has 0 aromatic carbocycles. The Kier molecular flexibility index (Phi) is 8.42. The molecule has 1 aromatic rings. The van der Waals surface area contributed by atoms with Gasteiger partial charge in [-0.15, -0.1) is 4.98 Å². The van der Waals surface area contributed by atoms with Crippen molar-refractivity contribution in [1.82, 2.24) is 15.0 Å². The van der Waals surface area contributed by atoms with E-state index in [-0.39, 0.29) is 12.0 Å². The number of hydrogen-bond acceptors (Lipinski definition) is 7. The van der Waals surface area contributed by atoms with Gasteiger partial charge in [-0.1, -0.05) is 20.8 Å². The van der Waals surface area contributed by atoms with E-state index in [0.717, 1.165) is 13.0 Å². The monoisotopic (exact) mass is 298 g/mol. The highest BCUT2D eigenvalue weighted by atomic mass is 16.5. The Morgan fingerprint density at radius 1 is 1.00 bits per heavy atom. The molecule has 7 nitrogen and oxygen atoms in total. The lowest BCUT2D eigenvalue weighted by atomic mass is 10.2. The van der Waals surface area contributed by atoms with Crippen molar-refractivity contribution in [2.45, 2.75) is 34.1 Å². The second-order valence-corrected chi connectivity index (χ2v) is 4.90. The summed E-state index contributed by atoms with van der Waals surface area (Å²) in [6.07, 6.45) is 0.981. The summed E-state index contributed by atoms with van der Waals surface area (Å²) in [6.45, 7) is 11.1. The zero-order chi connectivity index (χ0) is 15.5. The Hall–Kier alpha value is -1.63. The zero-order valence-electron chi connectivity index (χ0n) is 13.4. The van der Waals surface area contributed by atoms with E-state index in [1.165, 1.54) is 0 Å². The van der Waals surface area contributed by atoms with E-state index in [1.807, 2.05) is 6.92 Å². The SMILES string of the molecule is CCCNc1nc(OCC)nc(OCCOCC(C)C)n1. The van der Waals surface area contributed by atoms with Gasteiger partial charge in [0.1, 0.15) is 6.61 Å². The maximum Gasteiger partial charge on any atom is 0.324 e. The molecule has 1 N–H and O–H groups in total. The quantitative estimate of drug-likeness (QED) is 0.627. The first-order valence-corrected chi connectivity index (χ1v) is 7.49. The lowest BCUT2D eigenvalue weighted by molar-refractivity contribution is 0.0788. The Labute approximate surface area is 126 Å². The number of nitrogens with one attached hydrogen (secondary N) is 1. The maximum absolute atomic E-state index is 5.49. The molecule has 0 radical (unpaired) electrons. The standard InChI is InChI=1S/C14H26N4O3/c1-5-7-15-12-16-13(20-6-2)18-14(17-12)21-9-8-19-10-11(3)4/h11H,5-10H2,1-4H3,(H,15,16,17,18). The summed E-state index contributed by atoms with van der Waals surface area (Å²) in [5, 5.41) is 3.10. The number of hydrogen-bond donors (Lipinski definition) is 1. The summed E-state index contributed by atoms with van der Waals surface area (Å²) in [5.41, 5.74) is 0. The number of anilines is 1. The van der Waals surface area contributed by atoms with Gasteiger partial charge in [-0.2, -0.15) is 9.97 Å². The van der Waals surface area contributed by atoms with Gasteiger partial charge in [0.25, 0.3) is 0 Å². The van der Waals surface area contributed by atoms with Crippen LogP contribution in [0.1, 0.15) is 34.1 Å². The Balaban J connectivity index is 2.52. The summed E-state index contributed by atoms with van der Waals surface area (Å²) in [6, 6.07) is 0.518. The van der Waals surface area contributed by atoms with Gasteiger partial charge in [-0.3, -0.25) is 0 Å². The first-order chi connectivity index (χ1) is 10.2. The van der Waals surface area contributed by atoms with E-state index in [9.17, 15) is 0 Å². The smallest absolute Gasteiger partial charge is 0.324 e. The fraction of sp³-hybridized carbons (Fsp3) is 0.786. The maximum atomic E-state index is 5.49. The molecule has 0 aliphatic heterocycles. The van der Waals surface area contributed by atoms with E-state index in [4.69, 9.17) is 14.2 Å². The Bertz CT molecular complexity index is 402. The third kappa shape index (κ3) is 7.65. The van der Waals surface area contributed by atoms with Crippen LogP contribution < -0.4 is 14.8 Å². The van der Waals surface area contributed by atoms with Gasteiger partial charge < -0.3 is 19.5 Å². The van der Waals surface area contributed by atoms with Gasteiger partial charge in [0, 0.05) is 13.2 Å². The molecule has 0 aliphatic rings. The van der Waals surface area contributed by atoms with Gasteiger partial charge in [-0.05, 0) is 19.3 Å². The van der Waals surface area contributed by atoms with Crippen molar-refractivity contribution in [2.75, 3.05) is 38.3 Å². The van der Waals surface area contributed by atoms with Crippen molar-refractivity contribution in [1.29, 1.82) is 0 Å². The number of ether oxygens (including phenoxy) is 3. The average Bonchev–Trinajstić information content (AvgIpc) is 2.44. The highest BCUT2D eigenvalue weighted by molar-refractivity contribution is 5.27. The topological polar surface area (TPSA) is 78.4 Å². The molecule has 0 saturated carbocycles. The largest absolute Gasteiger partial charge is 0.464 e. The van der Waals surface area contributed by atoms with Crippen molar-refractivity contribution in [3.8, 4) is 12.0 Å². The summed E-state index contributed by atoms with van der Waals surface area (Å²) < 4.78 is 16.2. The van der Waals surface area contributed by atoms with Crippen LogP contribution in [0.4, 0.5) is 5.95 Å². The van der Waals surface area contributed by atoms with Crippen molar-refractivity contribution in [3.05, 3.63) is 0 Å². The van der Waals surface area contributed by atoms with Crippen LogP contribution in [0.2, 0.25) is 0 Å². The minimum atomic E-state index is 0.250. The molecule has 0 saturated heterocycles. The lowest BCUT2D eigenvalue weighted by Gasteiger charge is -2.10. The summed E-state index contributed by atoms with van der Waals surface area (Å²) >= 11 is 0. The molecule has 1 heterocycles. The molecule has 120 valence electrons. The van der Waals surface area contributed by atoms with E-state index < -0.39 is 0 Å². The molecule has 0 bridgehead atoms. The zero-order valence-corrected chi connectivity index (χ0v) is 13.4. The predicted molar refractivity (Wildman–Crippen MR) is 80.9 cm³/mol. The molecule has 0 atom stereocenters. The molecular formula is C14H26N4O3. The second kappa shape index (κ2) is 10.1. The molecule has 0 aliphatic carbocycles.